The first-order valence-corrected chi connectivity index (χ1v) is 7.21. The predicted octanol–water partition coefficient (Wildman–Crippen LogP) is 3.75. The minimum atomic E-state index is -4.36. The van der Waals surface area contributed by atoms with E-state index in [2.05, 4.69) is 9.88 Å². The molecule has 116 valence electrons. The van der Waals surface area contributed by atoms with Crippen LogP contribution in [0.25, 0.3) is 11.0 Å². The van der Waals surface area contributed by atoms with Crippen LogP contribution in [0.5, 0.6) is 0 Å². The standard InChI is InChI=1S/C14H17ClF3N3/c1-3-20(2)6-7-21-12-5-4-10(14(16,17)18)8-11(12)19-13(21)9-15/h4-5,8H,3,6-7,9H2,1-2H3. The number of hydrogen-bond acceptors (Lipinski definition) is 2. The first-order valence-electron chi connectivity index (χ1n) is 6.67. The number of likely N-dealkylation sites (N-methyl/N-ethyl adjacent to an activating group) is 1. The molecule has 3 nitrogen and oxygen atoms in total. The molecule has 0 saturated carbocycles. The third-order valence-corrected chi connectivity index (χ3v) is 3.76. The number of fused-ring (bicyclic) bond motifs is 1. The van der Waals surface area contributed by atoms with Gasteiger partial charge in [-0.15, -0.1) is 11.6 Å². The Labute approximate surface area is 126 Å². The SMILES string of the molecule is CCN(C)CCn1c(CCl)nc2cc(C(F)(F)F)ccc21. The first-order chi connectivity index (χ1) is 9.86. The quantitative estimate of drug-likeness (QED) is 0.783. The highest BCUT2D eigenvalue weighted by Gasteiger charge is 2.31. The molecule has 2 rings (SSSR count). The van der Waals surface area contributed by atoms with Crippen molar-refractivity contribution < 1.29 is 13.2 Å². The number of hydrogen-bond donors (Lipinski definition) is 0. The van der Waals surface area contributed by atoms with Crippen LogP contribution < -0.4 is 0 Å². The normalized spacial score (nSPS) is 12.5. The molecule has 0 fully saturated rings. The van der Waals surface area contributed by atoms with Crippen LogP contribution in [-0.2, 0) is 18.6 Å². The lowest BCUT2D eigenvalue weighted by atomic mass is 10.2. The van der Waals surface area contributed by atoms with E-state index >= 15 is 0 Å². The average Bonchev–Trinajstić information content (AvgIpc) is 2.80. The number of rotatable bonds is 5. The second-order valence-corrected chi connectivity index (χ2v) is 5.18. The Kier molecular flexibility index (Phi) is 4.78. The van der Waals surface area contributed by atoms with E-state index < -0.39 is 11.7 Å². The molecule has 1 aromatic carbocycles. The molecular formula is C14H17ClF3N3. The molecule has 0 unspecified atom stereocenters. The molecule has 0 aliphatic rings. The Morgan fingerprint density at radius 2 is 2.05 bits per heavy atom. The predicted molar refractivity (Wildman–Crippen MR) is 77.5 cm³/mol. The highest BCUT2D eigenvalue weighted by Crippen LogP contribution is 2.31. The van der Waals surface area contributed by atoms with E-state index in [-0.39, 0.29) is 5.88 Å². The second-order valence-electron chi connectivity index (χ2n) is 4.91. The zero-order valence-corrected chi connectivity index (χ0v) is 12.7. The highest BCUT2D eigenvalue weighted by atomic mass is 35.5. The molecular weight excluding hydrogens is 303 g/mol. The van der Waals surface area contributed by atoms with Crippen molar-refractivity contribution in [2.24, 2.45) is 0 Å². The molecule has 0 radical (unpaired) electrons. The van der Waals surface area contributed by atoms with Gasteiger partial charge in [-0.1, -0.05) is 6.92 Å². The van der Waals surface area contributed by atoms with Gasteiger partial charge >= 0.3 is 6.18 Å². The van der Waals surface area contributed by atoms with E-state index in [4.69, 9.17) is 11.6 Å². The monoisotopic (exact) mass is 319 g/mol. The van der Waals surface area contributed by atoms with Gasteiger partial charge in [0.1, 0.15) is 5.82 Å². The van der Waals surface area contributed by atoms with E-state index in [0.717, 1.165) is 25.2 Å². The molecule has 0 amide bonds. The lowest BCUT2D eigenvalue weighted by Crippen LogP contribution is -2.23. The summed E-state index contributed by atoms with van der Waals surface area (Å²) in [6.07, 6.45) is -4.36. The van der Waals surface area contributed by atoms with Gasteiger partial charge in [0, 0.05) is 13.1 Å². The molecule has 0 aliphatic carbocycles. The summed E-state index contributed by atoms with van der Waals surface area (Å²) >= 11 is 5.86. The topological polar surface area (TPSA) is 21.1 Å². The lowest BCUT2D eigenvalue weighted by molar-refractivity contribution is -0.137. The van der Waals surface area contributed by atoms with Crippen LogP contribution in [-0.4, -0.2) is 34.6 Å². The zero-order valence-electron chi connectivity index (χ0n) is 11.9. The first kappa shape index (κ1) is 16.1. The van der Waals surface area contributed by atoms with Gasteiger partial charge in [-0.3, -0.25) is 0 Å². The Balaban J connectivity index is 2.40. The van der Waals surface area contributed by atoms with E-state index in [1.54, 1.807) is 0 Å². The van der Waals surface area contributed by atoms with E-state index in [1.165, 1.54) is 6.07 Å². The zero-order chi connectivity index (χ0) is 15.6. The minimum absolute atomic E-state index is 0.172. The molecule has 7 heteroatoms. The molecule has 1 heterocycles. The van der Waals surface area contributed by atoms with Crippen molar-refractivity contribution in [3.05, 3.63) is 29.6 Å². The van der Waals surface area contributed by atoms with Gasteiger partial charge in [-0.05, 0) is 31.8 Å². The molecule has 0 N–H and O–H groups in total. The second kappa shape index (κ2) is 6.23. The summed E-state index contributed by atoms with van der Waals surface area (Å²) in [5, 5.41) is 0. The number of nitrogens with zero attached hydrogens (tertiary/aromatic N) is 3. The number of aromatic nitrogens is 2. The van der Waals surface area contributed by atoms with Crippen molar-refractivity contribution in [1.82, 2.24) is 14.5 Å². The lowest BCUT2D eigenvalue weighted by Gasteiger charge is -2.15. The molecule has 21 heavy (non-hydrogen) atoms. The molecule has 0 atom stereocenters. The van der Waals surface area contributed by atoms with Crippen molar-refractivity contribution in [1.29, 1.82) is 0 Å². The summed E-state index contributed by atoms with van der Waals surface area (Å²) in [6.45, 7) is 4.38. The number of alkyl halides is 4. The number of halogens is 4. The van der Waals surface area contributed by atoms with Gasteiger partial charge < -0.3 is 9.47 Å². The summed E-state index contributed by atoms with van der Waals surface area (Å²) < 4.78 is 40.1. The maximum Gasteiger partial charge on any atom is 0.416 e. The Morgan fingerprint density at radius 3 is 2.62 bits per heavy atom. The van der Waals surface area contributed by atoms with E-state index in [1.807, 2.05) is 18.5 Å². The summed E-state index contributed by atoms with van der Waals surface area (Å²) in [7, 11) is 1.99. The summed E-state index contributed by atoms with van der Waals surface area (Å²) in [4.78, 5) is 6.34. The minimum Gasteiger partial charge on any atom is -0.326 e. The van der Waals surface area contributed by atoms with Crippen molar-refractivity contribution in [2.75, 3.05) is 20.1 Å². The van der Waals surface area contributed by atoms with E-state index in [0.29, 0.717) is 23.4 Å². The molecule has 0 aliphatic heterocycles. The van der Waals surface area contributed by atoms with Crippen LogP contribution >= 0.6 is 11.6 Å². The van der Waals surface area contributed by atoms with Crippen LogP contribution in [0.4, 0.5) is 13.2 Å². The van der Waals surface area contributed by atoms with Gasteiger partial charge in [-0.25, -0.2) is 4.98 Å². The van der Waals surface area contributed by atoms with Crippen LogP contribution in [0.15, 0.2) is 18.2 Å². The third-order valence-electron chi connectivity index (χ3n) is 3.52. The Morgan fingerprint density at radius 1 is 1.33 bits per heavy atom. The average molecular weight is 320 g/mol. The molecule has 0 bridgehead atoms. The fourth-order valence-electron chi connectivity index (χ4n) is 2.14. The van der Waals surface area contributed by atoms with Crippen molar-refractivity contribution >= 4 is 22.6 Å². The maximum atomic E-state index is 12.7. The van der Waals surface area contributed by atoms with Crippen LogP contribution in [0.3, 0.4) is 0 Å². The molecule has 0 saturated heterocycles. The molecule has 0 spiro atoms. The Hall–Kier alpha value is -1.27. The highest BCUT2D eigenvalue weighted by molar-refractivity contribution is 6.16. The third kappa shape index (κ3) is 3.49. The Bertz CT molecular complexity index is 622. The van der Waals surface area contributed by atoms with Crippen LogP contribution in [0.2, 0.25) is 0 Å². The fraction of sp³-hybridized carbons (Fsp3) is 0.500. The van der Waals surface area contributed by atoms with Crippen molar-refractivity contribution in [3.63, 3.8) is 0 Å². The summed E-state index contributed by atoms with van der Waals surface area (Å²) in [5.74, 6) is 0.766. The van der Waals surface area contributed by atoms with Gasteiger partial charge in [0.15, 0.2) is 0 Å². The van der Waals surface area contributed by atoms with E-state index in [9.17, 15) is 13.2 Å². The molecule has 2 aromatic rings. The largest absolute Gasteiger partial charge is 0.416 e. The fourth-order valence-corrected chi connectivity index (χ4v) is 2.34. The van der Waals surface area contributed by atoms with Gasteiger partial charge in [-0.2, -0.15) is 13.2 Å². The van der Waals surface area contributed by atoms with Gasteiger partial charge in [0.2, 0.25) is 0 Å². The maximum absolute atomic E-state index is 12.7. The number of benzene rings is 1. The number of imidazole rings is 1. The van der Waals surface area contributed by atoms with Gasteiger partial charge in [0.25, 0.3) is 0 Å². The van der Waals surface area contributed by atoms with Crippen molar-refractivity contribution in [2.45, 2.75) is 25.5 Å². The van der Waals surface area contributed by atoms with Crippen LogP contribution in [0.1, 0.15) is 18.3 Å². The summed E-state index contributed by atoms with van der Waals surface area (Å²) in [5.41, 5.74) is 0.328. The van der Waals surface area contributed by atoms with Crippen molar-refractivity contribution in [3.8, 4) is 0 Å². The smallest absolute Gasteiger partial charge is 0.326 e. The van der Waals surface area contributed by atoms with Crippen LogP contribution in [0, 0.1) is 0 Å². The summed E-state index contributed by atoms with van der Waals surface area (Å²) in [6, 6.07) is 3.63. The van der Waals surface area contributed by atoms with Gasteiger partial charge in [0.05, 0.1) is 22.5 Å². The molecule has 1 aromatic heterocycles.